The van der Waals surface area contributed by atoms with Gasteiger partial charge in [0.1, 0.15) is 0 Å². The molecule has 0 aromatic heterocycles. The fourth-order valence-electron chi connectivity index (χ4n) is 1.55. The minimum atomic E-state index is -0.938. The molecule has 1 N–H and O–H groups in total. The summed E-state index contributed by atoms with van der Waals surface area (Å²) in [6.07, 6.45) is -0.0878. The fraction of sp³-hybridized carbons (Fsp3) is 0.385. The Morgan fingerprint density at radius 3 is 2.37 bits per heavy atom. The van der Waals surface area contributed by atoms with Crippen LogP contribution in [0.15, 0.2) is 18.2 Å². The smallest absolute Gasteiger partial charge is 0.305 e. The number of methoxy groups -OCH3 is 2. The van der Waals surface area contributed by atoms with E-state index in [1.54, 1.807) is 25.2 Å². The summed E-state index contributed by atoms with van der Waals surface area (Å²) in [5.74, 6) is -0.207. The number of carboxylic acids is 1. The number of nitrogens with zero attached hydrogens (tertiary/aromatic N) is 1. The van der Waals surface area contributed by atoms with Crippen LogP contribution in [0, 0.1) is 0 Å². The highest BCUT2D eigenvalue weighted by Gasteiger charge is 2.15. The van der Waals surface area contributed by atoms with Crippen LogP contribution in [0.4, 0.5) is 0 Å². The molecule has 1 aromatic rings. The fourth-order valence-corrected chi connectivity index (χ4v) is 1.55. The van der Waals surface area contributed by atoms with Gasteiger partial charge in [-0.1, -0.05) is 0 Å². The maximum atomic E-state index is 12.1. The molecule has 0 bridgehead atoms. The molecule has 1 rings (SSSR count). The van der Waals surface area contributed by atoms with Crippen LogP contribution in [0.2, 0.25) is 0 Å². The predicted octanol–water partition coefficient (Wildman–Crippen LogP) is 1.25. The number of hydrogen-bond donors (Lipinski definition) is 1. The second-order valence-electron chi connectivity index (χ2n) is 3.94. The second-order valence-corrected chi connectivity index (χ2v) is 3.94. The Balaban J connectivity index is 2.84. The van der Waals surface area contributed by atoms with Crippen LogP contribution in [0.25, 0.3) is 0 Å². The molecular formula is C13H17NO5. The topological polar surface area (TPSA) is 76.1 Å². The number of aliphatic carboxylic acids is 1. The molecule has 0 aliphatic rings. The van der Waals surface area contributed by atoms with Crippen molar-refractivity contribution < 1.29 is 24.2 Å². The van der Waals surface area contributed by atoms with Gasteiger partial charge in [0.25, 0.3) is 5.91 Å². The third-order valence-corrected chi connectivity index (χ3v) is 2.64. The van der Waals surface area contributed by atoms with Gasteiger partial charge in [0.2, 0.25) is 0 Å². The first kappa shape index (κ1) is 14.8. The van der Waals surface area contributed by atoms with Gasteiger partial charge in [0.05, 0.1) is 20.6 Å². The number of benzene rings is 1. The normalized spacial score (nSPS) is 9.84. The summed E-state index contributed by atoms with van der Waals surface area (Å²) in [4.78, 5) is 23.9. The first-order chi connectivity index (χ1) is 8.99. The summed E-state index contributed by atoms with van der Waals surface area (Å²) < 4.78 is 10.2. The molecule has 0 fully saturated rings. The maximum absolute atomic E-state index is 12.1. The Bertz CT molecular complexity index is 472. The van der Waals surface area contributed by atoms with Crippen LogP contribution in [0.1, 0.15) is 16.8 Å². The van der Waals surface area contributed by atoms with E-state index in [4.69, 9.17) is 14.6 Å². The van der Waals surface area contributed by atoms with Gasteiger partial charge in [-0.2, -0.15) is 0 Å². The molecule has 0 heterocycles. The van der Waals surface area contributed by atoms with Crippen LogP contribution in [0.3, 0.4) is 0 Å². The number of amides is 1. The molecule has 0 saturated heterocycles. The van der Waals surface area contributed by atoms with Crippen molar-refractivity contribution in [2.75, 3.05) is 27.8 Å². The summed E-state index contributed by atoms with van der Waals surface area (Å²) in [6.45, 7) is 0.155. The molecule has 6 heteroatoms. The van der Waals surface area contributed by atoms with E-state index in [1.165, 1.54) is 19.1 Å². The SMILES string of the molecule is COc1ccc(C(=O)N(C)CCC(=O)O)cc1OC. The van der Waals surface area contributed by atoms with E-state index in [2.05, 4.69) is 0 Å². The van der Waals surface area contributed by atoms with Crippen molar-refractivity contribution in [1.82, 2.24) is 4.90 Å². The van der Waals surface area contributed by atoms with E-state index < -0.39 is 5.97 Å². The quantitative estimate of drug-likeness (QED) is 0.839. The summed E-state index contributed by atoms with van der Waals surface area (Å²) in [6, 6.07) is 4.82. The highest BCUT2D eigenvalue weighted by molar-refractivity contribution is 5.94. The molecule has 0 saturated carbocycles. The second kappa shape index (κ2) is 6.63. The standard InChI is InChI=1S/C13H17NO5/c1-14(7-6-12(15)16)13(17)9-4-5-10(18-2)11(8-9)19-3/h4-5,8H,6-7H2,1-3H3,(H,15,16). The molecule has 1 aromatic carbocycles. The lowest BCUT2D eigenvalue weighted by atomic mass is 10.1. The molecule has 0 unspecified atom stereocenters. The average molecular weight is 267 g/mol. The van der Waals surface area contributed by atoms with Crippen LogP contribution in [-0.2, 0) is 4.79 Å². The predicted molar refractivity (Wildman–Crippen MR) is 68.8 cm³/mol. The summed E-state index contributed by atoms with van der Waals surface area (Å²) in [5.41, 5.74) is 0.422. The Morgan fingerprint density at radius 1 is 1.21 bits per heavy atom. The minimum absolute atomic E-state index is 0.0878. The van der Waals surface area contributed by atoms with Crippen molar-refractivity contribution in [3.8, 4) is 11.5 Å². The van der Waals surface area contributed by atoms with Gasteiger partial charge in [-0.3, -0.25) is 9.59 Å². The number of ether oxygens (including phenoxy) is 2. The lowest BCUT2D eigenvalue weighted by Gasteiger charge is -2.17. The van der Waals surface area contributed by atoms with Gasteiger partial charge in [0.15, 0.2) is 11.5 Å². The number of carbonyl (C=O) groups is 2. The van der Waals surface area contributed by atoms with Gasteiger partial charge in [0, 0.05) is 19.2 Å². The van der Waals surface area contributed by atoms with E-state index in [0.717, 1.165) is 0 Å². The highest BCUT2D eigenvalue weighted by atomic mass is 16.5. The molecule has 104 valence electrons. The van der Waals surface area contributed by atoms with Gasteiger partial charge in [-0.05, 0) is 18.2 Å². The van der Waals surface area contributed by atoms with Crippen LogP contribution in [0.5, 0.6) is 11.5 Å². The van der Waals surface area contributed by atoms with Crippen molar-refractivity contribution in [3.05, 3.63) is 23.8 Å². The van der Waals surface area contributed by atoms with E-state index >= 15 is 0 Å². The number of carbonyl (C=O) groups excluding carboxylic acids is 1. The molecule has 0 spiro atoms. The molecule has 6 nitrogen and oxygen atoms in total. The van der Waals surface area contributed by atoms with Crippen molar-refractivity contribution in [1.29, 1.82) is 0 Å². The Labute approximate surface area is 111 Å². The van der Waals surface area contributed by atoms with E-state index in [0.29, 0.717) is 17.1 Å². The molecule has 0 aliphatic heterocycles. The summed E-state index contributed by atoms with van der Waals surface area (Å²) in [5, 5.41) is 8.59. The molecule has 0 radical (unpaired) electrons. The number of rotatable bonds is 6. The molecule has 0 aliphatic carbocycles. The van der Waals surface area contributed by atoms with Crippen molar-refractivity contribution in [2.24, 2.45) is 0 Å². The van der Waals surface area contributed by atoms with Gasteiger partial charge in [-0.25, -0.2) is 0 Å². The first-order valence-corrected chi connectivity index (χ1v) is 5.69. The van der Waals surface area contributed by atoms with Gasteiger partial charge >= 0.3 is 5.97 Å². The van der Waals surface area contributed by atoms with E-state index in [1.807, 2.05) is 0 Å². The largest absolute Gasteiger partial charge is 0.493 e. The number of carboxylic acid groups (broad SMARTS) is 1. The van der Waals surface area contributed by atoms with Crippen molar-refractivity contribution >= 4 is 11.9 Å². The number of hydrogen-bond acceptors (Lipinski definition) is 4. The van der Waals surface area contributed by atoms with Crippen molar-refractivity contribution in [2.45, 2.75) is 6.42 Å². The van der Waals surface area contributed by atoms with E-state index in [9.17, 15) is 9.59 Å². The highest BCUT2D eigenvalue weighted by Crippen LogP contribution is 2.27. The minimum Gasteiger partial charge on any atom is -0.493 e. The van der Waals surface area contributed by atoms with Gasteiger partial charge < -0.3 is 19.5 Å². The van der Waals surface area contributed by atoms with Gasteiger partial charge in [-0.15, -0.1) is 0 Å². The summed E-state index contributed by atoms with van der Waals surface area (Å²) >= 11 is 0. The zero-order valence-electron chi connectivity index (χ0n) is 11.2. The first-order valence-electron chi connectivity index (χ1n) is 5.69. The van der Waals surface area contributed by atoms with Crippen molar-refractivity contribution in [3.63, 3.8) is 0 Å². The molecular weight excluding hydrogens is 250 g/mol. The van der Waals surface area contributed by atoms with E-state index in [-0.39, 0.29) is 18.9 Å². The lowest BCUT2D eigenvalue weighted by Crippen LogP contribution is -2.29. The molecule has 19 heavy (non-hydrogen) atoms. The Kier molecular flexibility index (Phi) is 5.17. The monoisotopic (exact) mass is 267 g/mol. The molecule has 0 atom stereocenters. The third-order valence-electron chi connectivity index (χ3n) is 2.64. The zero-order chi connectivity index (χ0) is 14.4. The van der Waals surface area contributed by atoms with Crippen LogP contribution in [-0.4, -0.2) is 49.7 Å². The third kappa shape index (κ3) is 3.87. The maximum Gasteiger partial charge on any atom is 0.305 e. The Hall–Kier alpha value is -2.24. The zero-order valence-corrected chi connectivity index (χ0v) is 11.2. The lowest BCUT2D eigenvalue weighted by molar-refractivity contribution is -0.137. The molecule has 1 amide bonds. The van der Waals surface area contributed by atoms with Crippen LogP contribution >= 0.6 is 0 Å². The van der Waals surface area contributed by atoms with Crippen LogP contribution < -0.4 is 9.47 Å². The summed E-state index contributed by atoms with van der Waals surface area (Å²) in [7, 11) is 4.56. The Morgan fingerprint density at radius 2 is 1.84 bits per heavy atom. The average Bonchev–Trinajstić information content (AvgIpc) is 2.42.